The monoisotopic (exact) mass is 334 g/mol. The normalized spacial score (nSPS) is 12.0. The molecule has 2 aromatic carbocycles. The van der Waals surface area contributed by atoms with E-state index in [1.165, 1.54) is 0 Å². The number of aromatic nitrogens is 1. The molecule has 0 bridgehead atoms. The molecule has 0 fully saturated rings. The highest BCUT2D eigenvalue weighted by Gasteiger charge is 2.22. The van der Waals surface area contributed by atoms with Crippen LogP contribution in [-0.4, -0.2) is 11.1 Å². The molecule has 0 saturated heterocycles. The summed E-state index contributed by atoms with van der Waals surface area (Å²) in [6.07, 6.45) is 1.01. The summed E-state index contributed by atoms with van der Waals surface area (Å²) in [5.41, 5.74) is 3.87. The topological polar surface area (TPSA) is 55.1 Å². The van der Waals surface area contributed by atoms with Gasteiger partial charge in [0.1, 0.15) is 17.0 Å². The summed E-state index contributed by atoms with van der Waals surface area (Å²) < 4.78 is 5.30. The van der Waals surface area contributed by atoms with Crippen LogP contribution in [0, 0.1) is 6.92 Å². The Labute approximate surface area is 147 Å². The van der Waals surface area contributed by atoms with Gasteiger partial charge in [-0.2, -0.15) is 0 Å². The van der Waals surface area contributed by atoms with E-state index >= 15 is 0 Å². The maximum Gasteiger partial charge on any atom is 0.261 e. The highest BCUT2D eigenvalue weighted by molar-refractivity contribution is 6.09. The fourth-order valence-electron chi connectivity index (χ4n) is 2.88. The number of hydrogen-bond donors (Lipinski definition) is 1. The third-order valence-corrected chi connectivity index (χ3v) is 4.49. The maximum absolute atomic E-state index is 12.9. The second-order valence-electron chi connectivity index (χ2n) is 6.18. The summed E-state index contributed by atoms with van der Waals surface area (Å²) in [6, 6.07) is 17.5. The molecule has 1 aromatic heterocycles. The van der Waals surface area contributed by atoms with Crippen LogP contribution in [0.25, 0.3) is 11.3 Å². The van der Waals surface area contributed by atoms with Crippen LogP contribution >= 0.6 is 0 Å². The van der Waals surface area contributed by atoms with E-state index in [1.54, 1.807) is 6.92 Å². The number of nitrogens with zero attached hydrogens (tertiary/aromatic N) is 1. The van der Waals surface area contributed by atoms with Gasteiger partial charge < -0.3 is 9.84 Å². The number of aryl methyl sites for hydroxylation is 1. The second kappa shape index (κ2) is 7.34. The minimum Gasteiger partial charge on any atom is -0.360 e. The van der Waals surface area contributed by atoms with Crippen molar-refractivity contribution in [1.29, 1.82) is 0 Å². The van der Waals surface area contributed by atoms with Crippen molar-refractivity contribution in [2.24, 2.45) is 0 Å². The van der Waals surface area contributed by atoms with Gasteiger partial charge in [-0.3, -0.25) is 4.79 Å². The molecule has 1 heterocycles. The van der Waals surface area contributed by atoms with Crippen molar-refractivity contribution in [2.45, 2.75) is 33.1 Å². The van der Waals surface area contributed by atoms with E-state index in [0.29, 0.717) is 22.9 Å². The quantitative estimate of drug-likeness (QED) is 0.678. The van der Waals surface area contributed by atoms with Crippen LogP contribution in [0.4, 0.5) is 5.69 Å². The number of para-hydroxylation sites is 1. The lowest BCUT2D eigenvalue weighted by Crippen LogP contribution is -2.15. The molecule has 0 aliphatic carbocycles. The summed E-state index contributed by atoms with van der Waals surface area (Å²) in [7, 11) is 0. The number of nitrogens with one attached hydrogen (secondary N) is 1. The molecule has 0 saturated carbocycles. The first-order valence-corrected chi connectivity index (χ1v) is 8.53. The van der Waals surface area contributed by atoms with Gasteiger partial charge in [0.2, 0.25) is 0 Å². The van der Waals surface area contributed by atoms with Gasteiger partial charge in [-0.1, -0.05) is 67.5 Å². The summed E-state index contributed by atoms with van der Waals surface area (Å²) in [5, 5.41) is 7.13. The number of rotatable bonds is 5. The van der Waals surface area contributed by atoms with Gasteiger partial charge in [0.25, 0.3) is 5.91 Å². The molecule has 0 aliphatic rings. The molecule has 3 rings (SSSR count). The Morgan fingerprint density at radius 2 is 1.80 bits per heavy atom. The minimum absolute atomic E-state index is 0.201. The summed E-state index contributed by atoms with van der Waals surface area (Å²) >= 11 is 0. The Morgan fingerprint density at radius 1 is 1.12 bits per heavy atom. The molecule has 3 aromatic rings. The molecule has 4 heteroatoms. The van der Waals surface area contributed by atoms with Gasteiger partial charge in [-0.05, 0) is 30.9 Å². The van der Waals surface area contributed by atoms with Crippen molar-refractivity contribution in [2.75, 3.05) is 5.32 Å². The number of amides is 1. The van der Waals surface area contributed by atoms with Crippen molar-refractivity contribution in [3.63, 3.8) is 0 Å². The predicted octanol–water partition coefficient (Wildman–Crippen LogP) is 5.42. The highest BCUT2D eigenvalue weighted by atomic mass is 16.5. The van der Waals surface area contributed by atoms with Gasteiger partial charge in [0, 0.05) is 11.3 Å². The van der Waals surface area contributed by atoms with Crippen LogP contribution in [0.2, 0.25) is 0 Å². The first kappa shape index (κ1) is 17.0. The van der Waals surface area contributed by atoms with E-state index in [2.05, 4.69) is 30.4 Å². The molecule has 0 unspecified atom stereocenters. The van der Waals surface area contributed by atoms with Crippen molar-refractivity contribution >= 4 is 11.6 Å². The van der Waals surface area contributed by atoms with E-state index in [0.717, 1.165) is 23.2 Å². The molecule has 1 N–H and O–H groups in total. The zero-order valence-electron chi connectivity index (χ0n) is 14.7. The van der Waals surface area contributed by atoms with Crippen LogP contribution in [0.1, 0.15) is 47.9 Å². The van der Waals surface area contributed by atoms with Crippen molar-refractivity contribution in [1.82, 2.24) is 5.16 Å². The van der Waals surface area contributed by atoms with Gasteiger partial charge in [0.05, 0.1) is 0 Å². The SMILES string of the molecule is CC[C@H](C)c1ccccc1NC(=O)c1c(-c2ccccc2)noc1C. The lowest BCUT2D eigenvalue weighted by Gasteiger charge is -2.15. The highest BCUT2D eigenvalue weighted by Crippen LogP contribution is 2.29. The molecule has 25 heavy (non-hydrogen) atoms. The zero-order chi connectivity index (χ0) is 17.8. The standard InChI is InChI=1S/C21H22N2O2/c1-4-14(2)17-12-8-9-13-18(17)22-21(24)19-15(3)25-23-20(19)16-10-6-5-7-11-16/h5-14H,4H2,1-3H3,(H,22,24)/t14-/m0/s1. The van der Waals surface area contributed by atoms with Crippen LogP contribution < -0.4 is 5.32 Å². The van der Waals surface area contributed by atoms with E-state index in [-0.39, 0.29) is 5.91 Å². The molecule has 4 nitrogen and oxygen atoms in total. The molecular weight excluding hydrogens is 312 g/mol. The predicted molar refractivity (Wildman–Crippen MR) is 99.8 cm³/mol. The average Bonchev–Trinajstić information content (AvgIpc) is 3.04. The van der Waals surface area contributed by atoms with E-state index in [4.69, 9.17) is 4.52 Å². The lowest BCUT2D eigenvalue weighted by molar-refractivity contribution is 0.102. The van der Waals surface area contributed by atoms with E-state index in [9.17, 15) is 4.79 Å². The number of anilines is 1. The van der Waals surface area contributed by atoms with Crippen molar-refractivity contribution in [3.05, 3.63) is 71.5 Å². The minimum atomic E-state index is -0.201. The van der Waals surface area contributed by atoms with Crippen LogP contribution in [-0.2, 0) is 0 Å². The molecular formula is C21H22N2O2. The van der Waals surface area contributed by atoms with Crippen LogP contribution in [0.15, 0.2) is 59.1 Å². The largest absolute Gasteiger partial charge is 0.360 e. The Morgan fingerprint density at radius 3 is 2.52 bits per heavy atom. The second-order valence-corrected chi connectivity index (χ2v) is 6.18. The fraction of sp³-hybridized carbons (Fsp3) is 0.238. The van der Waals surface area contributed by atoms with Gasteiger partial charge in [-0.25, -0.2) is 0 Å². The fourth-order valence-corrected chi connectivity index (χ4v) is 2.88. The Bertz CT molecular complexity index is 869. The van der Waals surface area contributed by atoms with Gasteiger partial charge in [0.15, 0.2) is 0 Å². The van der Waals surface area contributed by atoms with Gasteiger partial charge >= 0.3 is 0 Å². The number of carbonyl (C=O) groups excluding carboxylic acids is 1. The molecule has 0 radical (unpaired) electrons. The van der Waals surface area contributed by atoms with Crippen LogP contribution in [0.3, 0.4) is 0 Å². The average molecular weight is 334 g/mol. The Balaban J connectivity index is 1.95. The summed E-state index contributed by atoms with van der Waals surface area (Å²) in [4.78, 5) is 12.9. The molecule has 1 amide bonds. The summed E-state index contributed by atoms with van der Waals surface area (Å²) in [5.74, 6) is 0.680. The van der Waals surface area contributed by atoms with E-state index in [1.807, 2.05) is 48.5 Å². The van der Waals surface area contributed by atoms with Crippen molar-refractivity contribution < 1.29 is 9.32 Å². The zero-order valence-corrected chi connectivity index (χ0v) is 14.7. The summed E-state index contributed by atoms with van der Waals surface area (Å²) in [6.45, 7) is 6.06. The third kappa shape index (κ3) is 3.48. The Hall–Kier alpha value is -2.88. The molecule has 0 aliphatic heterocycles. The molecule has 128 valence electrons. The maximum atomic E-state index is 12.9. The number of hydrogen-bond acceptors (Lipinski definition) is 3. The van der Waals surface area contributed by atoms with Crippen LogP contribution in [0.5, 0.6) is 0 Å². The van der Waals surface area contributed by atoms with Gasteiger partial charge in [-0.15, -0.1) is 0 Å². The molecule has 1 atom stereocenters. The first-order valence-electron chi connectivity index (χ1n) is 8.53. The third-order valence-electron chi connectivity index (χ3n) is 4.49. The number of benzene rings is 2. The first-order chi connectivity index (χ1) is 12.1. The Kier molecular flexibility index (Phi) is 4.98. The molecule has 0 spiro atoms. The number of carbonyl (C=O) groups is 1. The van der Waals surface area contributed by atoms with E-state index < -0.39 is 0 Å². The lowest BCUT2D eigenvalue weighted by atomic mass is 9.96. The van der Waals surface area contributed by atoms with Crippen molar-refractivity contribution in [3.8, 4) is 11.3 Å². The smallest absolute Gasteiger partial charge is 0.261 e.